The normalized spacial score (nSPS) is 16.6. The second-order valence-electron chi connectivity index (χ2n) is 8.67. The molecule has 2 N–H and O–H groups in total. The molecule has 1 aliphatic carbocycles. The van der Waals surface area contributed by atoms with E-state index in [1.165, 1.54) is 12.1 Å². The summed E-state index contributed by atoms with van der Waals surface area (Å²) in [5.74, 6) is -1.09. The van der Waals surface area contributed by atoms with E-state index in [0.29, 0.717) is 52.2 Å². The highest BCUT2D eigenvalue weighted by Gasteiger charge is 2.35. The molecular weight excluding hydrogens is 523 g/mol. The molecular formula is C26H22Cl2N2O5S. The lowest BCUT2D eigenvalue weighted by Gasteiger charge is -2.10. The number of aromatic amines is 1. The zero-order valence-electron chi connectivity index (χ0n) is 19.5. The summed E-state index contributed by atoms with van der Waals surface area (Å²) in [6.07, 6.45) is 1.10. The number of aromatic nitrogens is 1. The van der Waals surface area contributed by atoms with Gasteiger partial charge in [0.2, 0.25) is 0 Å². The lowest BCUT2D eigenvalue weighted by molar-refractivity contribution is -0.110. The van der Waals surface area contributed by atoms with E-state index in [1.807, 2.05) is 0 Å². The Morgan fingerprint density at radius 1 is 1.11 bits per heavy atom. The minimum absolute atomic E-state index is 0.0555. The summed E-state index contributed by atoms with van der Waals surface area (Å²) >= 11 is 12.4. The van der Waals surface area contributed by atoms with Crippen molar-refractivity contribution in [2.45, 2.75) is 37.3 Å². The van der Waals surface area contributed by atoms with Crippen molar-refractivity contribution in [1.29, 1.82) is 0 Å². The van der Waals surface area contributed by atoms with E-state index in [0.717, 1.165) is 11.1 Å². The van der Waals surface area contributed by atoms with Crippen LogP contribution in [0.4, 0.5) is 5.69 Å². The van der Waals surface area contributed by atoms with Crippen LogP contribution in [0.2, 0.25) is 10.0 Å². The summed E-state index contributed by atoms with van der Waals surface area (Å²) < 4.78 is 31.8. The predicted molar refractivity (Wildman–Crippen MR) is 139 cm³/mol. The van der Waals surface area contributed by atoms with E-state index < -0.39 is 15.8 Å². The number of hydrogen-bond donors (Lipinski definition) is 2. The van der Waals surface area contributed by atoms with Crippen molar-refractivity contribution in [2.24, 2.45) is 0 Å². The number of amides is 1. The fourth-order valence-corrected chi connectivity index (χ4v) is 6.99. The first-order chi connectivity index (χ1) is 17.1. The van der Waals surface area contributed by atoms with Gasteiger partial charge in [-0.3, -0.25) is 4.79 Å². The van der Waals surface area contributed by atoms with E-state index in [-0.39, 0.29) is 33.2 Å². The van der Waals surface area contributed by atoms with Crippen molar-refractivity contribution in [2.75, 3.05) is 11.9 Å². The molecule has 0 atom stereocenters. The number of nitrogens with one attached hydrogen (secondary N) is 2. The number of carbonyl (C=O) groups excluding carboxylic acids is 2. The van der Waals surface area contributed by atoms with Crippen molar-refractivity contribution in [3.05, 3.63) is 80.1 Å². The lowest BCUT2D eigenvalue weighted by Crippen LogP contribution is -2.07. The van der Waals surface area contributed by atoms with Crippen LogP contribution in [0.25, 0.3) is 11.1 Å². The summed E-state index contributed by atoms with van der Waals surface area (Å²) in [5, 5.41) is 3.36. The van der Waals surface area contributed by atoms with Crippen molar-refractivity contribution in [1.82, 2.24) is 4.98 Å². The number of carbonyl (C=O) groups is 2. The van der Waals surface area contributed by atoms with Gasteiger partial charge in [0.25, 0.3) is 5.91 Å². The van der Waals surface area contributed by atoms with Crippen molar-refractivity contribution < 1.29 is 22.7 Å². The Kier molecular flexibility index (Phi) is 6.22. The van der Waals surface area contributed by atoms with Gasteiger partial charge in [-0.25, -0.2) is 13.2 Å². The van der Waals surface area contributed by atoms with E-state index in [4.69, 9.17) is 27.9 Å². The molecule has 2 heterocycles. The maximum Gasteiger partial charge on any atom is 0.340 e. The highest BCUT2D eigenvalue weighted by atomic mass is 35.5. The summed E-state index contributed by atoms with van der Waals surface area (Å²) in [5.41, 5.74) is 5.17. The van der Waals surface area contributed by atoms with Crippen LogP contribution in [0.5, 0.6) is 0 Å². The Bertz CT molecular complexity index is 1570. The molecule has 0 radical (unpaired) electrons. The fraction of sp³-hybridized carbons (Fsp3) is 0.231. The standard InChI is InChI=1S/C26H22Cl2N2O5S/c1-3-35-26(32)22-13(2)29-24-15(22)8-9-16(24)23-17-11-14(7-10-21(17)30-25(23)31)36(33,34)12-18-19(27)5-4-6-20(18)28/h4-7,10-11,29H,3,8-9,12H2,1-2H3,(H,30,31)/b23-16-. The van der Waals surface area contributed by atoms with E-state index in [9.17, 15) is 18.0 Å². The molecule has 3 aromatic rings. The zero-order valence-corrected chi connectivity index (χ0v) is 21.8. The van der Waals surface area contributed by atoms with E-state index in [2.05, 4.69) is 10.3 Å². The first-order valence-corrected chi connectivity index (χ1v) is 13.8. The lowest BCUT2D eigenvalue weighted by atomic mass is 9.99. The first kappa shape index (κ1) is 24.6. The molecule has 1 amide bonds. The molecule has 0 saturated carbocycles. The number of allylic oxidation sites excluding steroid dienone is 1. The minimum atomic E-state index is -3.82. The van der Waals surface area contributed by atoms with Crippen LogP contribution in [-0.4, -0.2) is 31.9 Å². The van der Waals surface area contributed by atoms with Gasteiger partial charge < -0.3 is 15.0 Å². The van der Waals surface area contributed by atoms with Crippen molar-refractivity contribution >= 4 is 61.7 Å². The van der Waals surface area contributed by atoms with Crippen LogP contribution >= 0.6 is 23.2 Å². The summed E-state index contributed by atoms with van der Waals surface area (Å²) in [6, 6.07) is 9.39. The number of benzene rings is 2. The third kappa shape index (κ3) is 4.03. The Morgan fingerprint density at radius 3 is 2.53 bits per heavy atom. The van der Waals surface area contributed by atoms with Crippen molar-refractivity contribution in [3.8, 4) is 0 Å². The van der Waals surface area contributed by atoms with Crippen LogP contribution in [0.15, 0.2) is 41.3 Å². The number of anilines is 1. The maximum atomic E-state index is 13.3. The number of sulfone groups is 1. The van der Waals surface area contributed by atoms with E-state index in [1.54, 1.807) is 38.1 Å². The van der Waals surface area contributed by atoms with Crippen LogP contribution < -0.4 is 5.32 Å². The second kappa shape index (κ2) is 9.10. The summed E-state index contributed by atoms with van der Waals surface area (Å²) in [6.45, 7) is 3.80. The molecule has 186 valence electrons. The summed E-state index contributed by atoms with van der Waals surface area (Å²) in [7, 11) is -3.82. The second-order valence-corrected chi connectivity index (χ2v) is 11.5. The Hall–Kier alpha value is -3.07. The molecule has 0 fully saturated rings. The first-order valence-electron chi connectivity index (χ1n) is 11.4. The largest absolute Gasteiger partial charge is 0.462 e. The van der Waals surface area contributed by atoms with Gasteiger partial charge in [-0.2, -0.15) is 0 Å². The molecule has 2 aliphatic rings. The molecule has 7 nitrogen and oxygen atoms in total. The van der Waals surface area contributed by atoms with Gasteiger partial charge in [0.05, 0.1) is 28.4 Å². The van der Waals surface area contributed by atoms with Gasteiger partial charge in [0.15, 0.2) is 9.84 Å². The number of rotatable bonds is 5. The fourth-order valence-electron chi connectivity index (χ4n) is 4.87. The number of esters is 1. The molecule has 5 rings (SSSR count). The summed E-state index contributed by atoms with van der Waals surface area (Å²) in [4.78, 5) is 28.8. The zero-order chi connectivity index (χ0) is 25.8. The number of halogens is 2. The number of hydrogen-bond acceptors (Lipinski definition) is 5. The monoisotopic (exact) mass is 544 g/mol. The Balaban J connectivity index is 1.59. The molecule has 0 spiro atoms. The topological polar surface area (TPSA) is 105 Å². The van der Waals surface area contributed by atoms with Gasteiger partial charge in [0, 0.05) is 38.2 Å². The predicted octanol–water partition coefficient (Wildman–Crippen LogP) is 5.59. The molecule has 0 unspecified atom stereocenters. The van der Waals surface area contributed by atoms with Crippen LogP contribution in [0.3, 0.4) is 0 Å². The third-order valence-electron chi connectivity index (χ3n) is 6.49. The minimum Gasteiger partial charge on any atom is -0.462 e. The number of aryl methyl sites for hydroxylation is 1. The number of ether oxygens (including phenoxy) is 1. The average Bonchev–Trinajstić information content (AvgIpc) is 3.46. The quantitative estimate of drug-likeness (QED) is 0.321. The molecule has 10 heteroatoms. The highest BCUT2D eigenvalue weighted by molar-refractivity contribution is 7.90. The molecule has 0 bridgehead atoms. The maximum absolute atomic E-state index is 13.3. The SMILES string of the molecule is CCOC(=O)c1c(C)[nH]c2c1CC/C2=C1/C(=O)Nc2ccc(S(=O)(=O)Cc3c(Cl)cccc3Cl)cc21. The highest BCUT2D eigenvalue weighted by Crippen LogP contribution is 2.45. The van der Waals surface area contributed by atoms with E-state index >= 15 is 0 Å². The number of fused-ring (bicyclic) bond motifs is 2. The number of H-pyrrole nitrogens is 1. The van der Waals surface area contributed by atoms with Crippen LogP contribution in [0, 0.1) is 6.92 Å². The molecule has 1 aliphatic heterocycles. The van der Waals surface area contributed by atoms with Crippen LogP contribution in [0.1, 0.15) is 51.8 Å². The van der Waals surface area contributed by atoms with Gasteiger partial charge in [-0.05, 0) is 68.2 Å². The van der Waals surface area contributed by atoms with Gasteiger partial charge in [-0.1, -0.05) is 29.3 Å². The van der Waals surface area contributed by atoms with Gasteiger partial charge in [-0.15, -0.1) is 0 Å². The van der Waals surface area contributed by atoms with Crippen molar-refractivity contribution in [3.63, 3.8) is 0 Å². The molecule has 0 saturated heterocycles. The average molecular weight is 545 g/mol. The van der Waals surface area contributed by atoms with Crippen LogP contribution in [-0.2, 0) is 31.5 Å². The third-order valence-corrected chi connectivity index (χ3v) is 8.84. The Labute approximate surface area is 218 Å². The Morgan fingerprint density at radius 2 is 1.83 bits per heavy atom. The molecule has 2 aromatic carbocycles. The van der Waals surface area contributed by atoms with Gasteiger partial charge >= 0.3 is 5.97 Å². The molecule has 36 heavy (non-hydrogen) atoms. The molecule has 1 aromatic heterocycles. The van der Waals surface area contributed by atoms with Gasteiger partial charge in [0.1, 0.15) is 0 Å². The smallest absolute Gasteiger partial charge is 0.340 e.